The van der Waals surface area contributed by atoms with Gasteiger partial charge in [-0.25, -0.2) is 4.98 Å². The second-order valence-corrected chi connectivity index (χ2v) is 6.81. The third-order valence-electron chi connectivity index (χ3n) is 3.97. The molecule has 0 saturated carbocycles. The number of hydrogen-bond donors (Lipinski definition) is 2. The number of rotatable bonds is 4. The molecule has 134 valence electrons. The maximum absolute atomic E-state index is 12.7. The van der Waals surface area contributed by atoms with Crippen LogP contribution in [0.15, 0.2) is 66.2 Å². The number of aromatic nitrogens is 2. The molecule has 0 unspecified atom stereocenters. The Morgan fingerprint density at radius 3 is 2.30 bits per heavy atom. The number of fused-ring (bicyclic) bond motifs is 1. The minimum Gasteiger partial charge on any atom is -0.326 e. The van der Waals surface area contributed by atoms with Crippen molar-refractivity contribution in [3.63, 3.8) is 0 Å². The van der Waals surface area contributed by atoms with Gasteiger partial charge in [-0.15, -0.1) is 11.3 Å². The highest BCUT2D eigenvalue weighted by molar-refractivity contribution is 7.15. The zero-order valence-electron chi connectivity index (χ0n) is 14.5. The van der Waals surface area contributed by atoms with E-state index in [-0.39, 0.29) is 11.8 Å². The van der Waals surface area contributed by atoms with E-state index in [0.717, 1.165) is 16.2 Å². The summed E-state index contributed by atoms with van der Waals surface area (Å²) in [6.45, 7) is 1.45. The van der Waals surface area contributed by atoms with Crippen molar-refractivity contribution in [2.24, 2.45) is 0 Å². The lowest BCUT2D eigenvalue weighted by atomic mass is 10.2. The van der Waals surface area contributed by atoms with E-state index >= 15 is 0 Å². The highest BCUT2D eigenvalue weighted by Crippen LogP contribution is 2.24. The summed E-state index contributed by atoms with van der Waals surface area (Å²) in [7, 11) is 0. The van der Waals surface area contributed by atoms with E-state index in [4.69, 9.17) is 0 Å². The zero-order chi connectivity index (χ0) is 18.8. The quantitative estimate of drug-likeness (QED) is 0.558. The average molecular weight is 376 g/mol. The third-order valence-corrected chi connectivity index (χ3v) is 4.81. The van der Waals surface area contributed by atoms with Crippen LogP contribution < -0.4 is 10.6 Å². The third kappa shape index (κ3) is 3.58. The van der Waals surface area contributed by atoms with E-state index in [0.29, 0.717) is 17.1 Å². The largest absolute Gasteiger partial charge is 0.326 e. The number of nitrogens with zero attached hydrogens (tertiary/aromatic N) is 2. The van der Waals surface area contributed by atoms with Crippen LogP contribution in [0.3, 0.4) is 0 Å². The van der Waals surface area contributed by atoms with Gasteiger partial charge < -0.3 is 10.6 Å². The molecule has 2 N–H and O–H groups in total. The predicted molar refractivity (Wildman–Crippen MR) is 107 cm³/mol. The summed E-state index contributed by atoms with van der Waals surface area (Å²) in [6.07, 6.45) is 1.87. The van der Waals surface area contributed by atoms with E-state index in [2.05, 4.69) is 15.6 Å². The van der Waals surface area contributed by atoms with Crippen LogP contribution in [0.4, 0.5) is 11.4 Å². The lowest BCUT2D eigenvalue weighted by Gasteiger charge is -2.06. The fourth-order valence-corrected chi connectivity index (χ4v) is 3.58. The van der Waals surface area contributed by atoms with Gasteiger partial charge in [-0.05, 0) is 24.3 Å². The van der Waals surface area contributed by atoms with Gasteiger partial charge in [0.05, 0.1) is 5.69 Å². The maximum atomic E-state index is 12.7. The van der Waals surface area contributed by atoms with Gasteiger partial charge in [0.15, 0.2) is 4.96 Å². The molecular weight excluding hydrogens is 360 g/mol. The van der Waals surface area contributed by atoms with Gasteiger partial charge in [0, 0.05) is 35.4 Å². The van der Waals surface area contributed by atoms with Gasteiger partial charge >= 0.3 is 0 Å². The van der Waals surface area contributed by atoms with Crippen molar-refractivity contribution in [1.29, 1.82) is 0 Å². The minimum absolute atomic E-state index is 0.137. The first-order valence-electron chi connectivity index (χ1n) is 8.31. The Labute approximate surface area is 159 Å². The van der Waals surface area contributed by atoms with Crippen molar-refractivity contribution < 1.29 is 9.59 Å². The van der Waals surface area contributed by atoms with Gasteiger partial charge in [-0.2, -0.15) is 0 Å². The van der Waals surface area contributed by atoms with Crippen molar-refractivity contribution >= 4 is 39.5 Å². The molecule has 0 aliphatic rings. The van der Waals surface area contributed by atoms with Crippen molar-refractivity contribution in [2.75, 3.05) is 10.6 Å². The molecule has 0 radical (unpaired) electrons. The van der Waals surface area contributed by atoms with E-state index in [1.54, 1.807) is 34.0 Å². The maximum Gasteiger partial charge on any atom is 0.273 e. The Bertz CT molecular complexity index is 1110. The topological polar surface area (TPSA) is 75.5 Å². The van der Waals surface area contributed by atoms with Crippen molar-refractivity contribution in [3.05, 3.63) is 71.9 Å². The van der Waals surface area contributed by atoms with Gasteiger partial charge in [-0.3, -0.25) is 14.0 Å². The van der Waals surface area contributed by atoms with Gasteiger partial charge in [0.1, 0.15) is 5.69 Å². The molecule has 2 heterocycles. The fraction of sp³-hybridized carbons (Fsp3) is 0.0500. The highest BCUT2D eigenvalue weighted by Gasteiger charge is 2.15. The summed E-state index contributed by atoms with van der Waals surface area (Å²) in [5, 5.41) is 7.36. The number of amides is 2. The highest BCUT2D eigenvalue weighted by atomic mass is 32.1. The fourth-order valence-electron chi connectivity index (χ4n) is 2.73. The molecule has 0 saturated heterocycles. The molecule has 0 atom stereocenters. The molecule has 2 aromatic heterocycles. The zero-order valence-corrected chi connectivity index (χ0v) is 15.3. The SMILES string of the molecule is CC(=O)Nc1ccc(NC(=O)c2csc3nc(-c4ccccc4)cn23)cc1. The van der Waals surface area contributed by atoms with Crippen LogP contribution in [0.2, 0.25) is 0 Å². The summed E-state index contributed by atoms with van der Waals surface area (Å²) in [5.41, 5.74) is 3.69. The van der Waals surface area contributed by atoms with E-state index in [1.807, 2.05) is 36.5 Å². The number of benzene rings is 2. The summed E-state index contributed by atoms with van der Waals surface area (Å²) in [6, 6.07) is 16.8. The molecule has 4 aromatic rings. The molecule has 0 spiro atoms. The Morgan fingerprint density at radius 2 is 1.63 bits per heavy atom. The lowest BCUT2D eigenvalue weighted by Crippen LogP contribution is -2.14. The Balaban J connectivity index is 1.56. The van der Waals surface area contributed by atoms with Gasteiger partial charge in [-0.1, -0.05) is 30.3 Å². The van der Waals surface area contributed by atoms with E-state index in [1.165, 1.54) is 18.3 Å². The van der Waals surface area contributed by atoms with Crippen LogP contribution in [0.5, 0.6) is 0 Å². The number of imidazole rings is 1. The molecule has 7 heteroatoms. The number of thiazole rings is 1. The van der Waals surface area contributed by atoms with Crippen molar-refractivity contribution in [2.45, 2.75) is 6.92 Å². The Kier molecular flexibility index (Phi) is 4.43. The van der Waals surface area contributed by atoms with Gasteiger partial charge in [0.2, 0.25) is 5.91 Å². The first-order valence-corrected chi connectivity index (χ1v) is 9.19. The van der Waals surface area contributed by atoms with Gasteiger partial charge in [0.25, 0.3) is 5.91 Å². The van der Waals surface area contributed by atoms with Crippen LogP contribution in [-0.2, 0) is 4.79 Å². The molecule has 0 aliphatic carbocycles. The van der Waals surface area contributed by atoms with E-state index in [9.17, 15) is 9.59 Å². The number of nitrogens with one attached hydrogen (secondary N) is 2. The number of anilines is 2. The number of carbonyl (C=O) groups excluding carboxylic acids is 2. The summed E-state index contributed by atoms with van der Waals surface area (Å²) in [4.78, 5) is 29.1. The van der Waals surface area contributed by atoms with Crippen LogP contribution in [-0.4, -0.2) is 21.2 Å². The smallest absolute Gasteiger partial charge is 0.273 e. The average Bonchev–Trinajstić information content (AvgIpc) is 3.24. The summed E-state index contributed by atoms with van der Waals surface area (Å²) in [5.74, 6) is -0.354. The standard InChI is InChI=1S/C20H16N4O2S/c1-13(25)21-15-7-9-16(10-8-15)22-19(26)18-12-27-20-23-17(11-24(18)20)14-5-3-2-4-6-14/h2-12H,1H3,(H,21,25)(H,22,26). The summed E-state index contributed by atoms with van der Waals surface area (Å²) < 4.78 is 1.80. The molecule has 0 fully saturated rings. The molecule has 6 nitrogen and oxygen atoms in total. The van der Waals surface area contributed by atoms with Crippen LogP contribution in [0, 0.1) is 0 Å². The Hall–Kier alpha value is -3.45. The predicted octanol–water partition coefficient (Wildman–Crippen LogP) is 4.27. The molecule has 0 aliphatic heterocycles. The molecular formula is C20H16N4O2S. The van der Waals surface area contributed by atoms with Crippen molar-refractivity contribution in [1.82, 2.24) is 9.38 Å². The number of carbonyl (C=O) groups is 2. The first kappa shape index (κ1) is 17.0. The van der Waals surface area contributed by atoms with E-state index < -0.39 is 0 Å². The molecule has 2 aromatic carbocycles. The van der Waals surface area contributed by atoms with Crippen LogP contribution >= 0.6 is 11.3 Å². The first-order chi connectivity index (χ1) is 13.1. The van der Waals surface area contributed by atoms with Crippen LogP contribution in [0.25, 0.3) is 16.2 Å². The second-order valence-electron chi connectivity index (χ2n) is 5.98. The van der Waals surface area contributed by atoms with Crippen LogP contribution in [0.1, 0.15) is 17.4 Å². The second kappa shape index (κ2) is 7.05. The Morgan fingerprint density at radius 1 is 0.963 bits per heavy atom. The monoisotopic (exact) mass is 376 g/mol. The molecule has 27 heavy (non-hydrogen) atoms. The molecule has 2 amide bonds. The normalized spacial score (nSPS) is 10.7. The van der Waals surface area contributed by atoms with Crippen molar-refractivity contribution in [3.8, 4) is 11.3 Å². The number of hydrogen-bond acceptors (Lipinski definition) is 4. The lowest BCUT2D eigenvalue weighted by molar-refractivity contribution is -0.114. The minimum atomic E-state index is -0.217. The summed E-state index contributed by atoms with van der Waals surface area (Å²) >= 11 is 1.42. The molecule has 4 rings (SSSR count). The molecule has 0 bridgehead atoms.